The molecule has 0 saturated carbocycles. The minimum Gasteiger partial charge on any atom is -0.508 e. The van der Waals surface area contributed by atoms with E-state index in [0.717, 1.165) is 35.7 Å². The lowest BCUT2D eigenvalue weighted by Crippen LogP contribution is -2.23. The predicted molar refractivity (Wildman–Crippen MR) is 79.9 cm³/mol. The highest BCUT2D eigenvalue weighted by atomic mass is 16.3. The van der Waals surface area contributed by atoms with Crippen molar-refractivity contribution in [1.82, 2.24) is 14.9 Å². The summed E-state index contributed by atoms with van der Waals surface area (Å²) in [5.41, 5.74) is 2.64. The van der Waals surface area contributed by atoms with E-state index in [1.54, 1.807) is 18.5 Å². The monoisotopic (exact) mass is 268 g/mol. The molecule has 20 heavy (non-hydrogen) atoms. The van der Waals surface area contributed by atoms with Gasteiger partial charge in [-0.3, -0.25) is 0 Å². The molecule has 0 spiro atoms. The van der Waals surface area contributed by atoms with E-state index >= 15 is 0 Å². The van der Waals surface area contributed by atoms with Crippen molar-refractivity contribution in [2.75, 3.05) is 6.54 Å². The van der Waals surface area contributed by atoms with Gasteiger partial charge < -0.3 is 15.0 Å². The van der Waals surface area contributed by atoms with Gasteiger partial charge in [0.05, 0.1) is 12.0 Å². The molecule has 2 N–H and O–H groups in total. The van der Waals surface area contributed by atoms with Gasteiger partial charge in [-0.1, -0.05) is 13.5 Å². The SMILES string of the molecule is C=C1c2[nH]c(-c3ccc(O)cc3)nc2N=CN1CCC. The van der Waals surface area contributed by atoms with Gasteiger partial charge in [0, 0.05) is 12.1 Å². The lowest BCUT2D eigenvalue weighted by atomic mass is 10.2. The molecule has 0 atom stereocenters. The Balaban J connectivity index is 1.96. The lowest BCUT2D eigenvalue weighted by molar-refractivity contribution is 0.475. The molecule has 5 heteroatoms. The van der Waals surface area contributed by atoms with Crippen molar-refractivity contribution in [3.63, 3.8) is 0 Å². The summed E-state index contributed by atoms with van der Waals surface area (Å²) in [6, 6.07) is 6.91. The van der Waals surface area contributed by atoms with E-state index < -0.39 is 0 Å². The number of hydrogen-bond acceptors (Lipinski definition) is 4. The van der Waals surface area contributed by atoms with Crippen LogP contribution in [0.5, 0.6) is 5.75 Å². The Kier molecular flexibility index (Phi) is 3.02. The van der Waals surface area contributed by atoms with Gasteiger partial charge >= 0.3 is 0 Å². The summed E-state index contributed by atoms with van der Waals surface area (Å²) < 4.78 is 0. The van der Waals surface area contributed by atoms with Crippen molar-refractivity contribution >= 4 is 17.9 Å². The fourth-order valence-electron chi connectivity index (χ4n) is 2.19. The molecule has 1 aliphatic heterocycles. The van der Waals surface area contributed by atoms with Crippen molar-refractivity contribution in [2.24, 2.45) is 4.99 Å². The molecular weight excluding hydrogens is 252 g/mol. The van der Waals surface area contributed by atoms with E-state index in [4.69, 9.17) is 0 Å². The van der Waals surface area contributed by atoms with Crippen LogP contribution < -0.4 is 0 Å². The van der Waals surface area contributed by atoms with Gasteiger partial charge in [0.2, 0.25) is 0 Å². The number of aromatic amines is 1. The topological polar surface area (TPSA) is 64.5 Å². The van der Waals surface area contributed by atoms with Crippen LogP contribution in [0.4, 0.5) is 5.82 Å². The smallest absolute Gasteiger partial charge is 0.181 e. The van der Waals surface area contributed by atoms with Crippen molar-refractivity contribution in [3.05, 3.63) is 36.5 Å². The Bertz CT molecular complexity index is 670. The first-order chi connectivity index (χ1) is 9.69. The maximum atomic E-state index is 9.33. The van der Waals surface area contributed by atoms with Crippen LogP contribution >= 0.6 is 0 Å². The Morgan fingerprint density at radius 3 is 2.75 bits per heavy atom. The fraction of sp³-hybridized carbons (Fsp3) is 0.200. The average Bonchev–Trinajstić information content (AvgIpc) is 2.88. The molecule has 0 radical (unpaired) electrons. The van der Waals surface area contributed by atoms with Crippen molar-refractivity contribution < 1.29 is 5.11 Å². The van der Waals surface area contributed by atoms with Crippen LogP contribution in [-0.2, 0) is 0 Å². The number of rotatable bonds is 3. The third kappa shape index (κ3) is 2.07. The lowest BCUT2D eigenvalue weighted by Gasteiger charge is -2.23. The van der Waals surface area contributed by atoms with Gasteiger partial charge in [0.25, 0.3) is 0 Å². The molecule has 3 rings (SSSR count). The first-order valence-corrected chi connectivity index (χ1v) is 6.58. The first kappa shape index (κ1) is 12.5. The molecule has 2 aromatic rings. The maximum Gasteiger partial charge on any atom is 0.181 e. The molecule has 2 heterocycles. The summed E-state index contributed by atoms with van der Waals surface area (Å²) in [6.45, 7) is 7.10. The zero-order chi connectivity index (χ0) is 14.1. The Morgan fingerprint density at radius 2 is 2.05 bits per heavy atom. The zero-order valence-corrected chi connectivity index (χ0v) is 11.3. The zero-order valence-electron chi connectivity index (χ0n) is 11.3. The average molecular weight is 268 g/mol. The summed E-state index contributed by atoms with van der Waals surface area (Å²) in [5, 5.41) is 9.33. The fourth-order valence-corrected chi connectivity index (χ4v) is 2.19. The highest BCUT2D eigenvalue weighted by Crippen LogP contribution is 2.32. The second-order valence-corrected chi connectivity index (χ2v) is 4.72. The van der Waals surface area contributed by atoms with Crippen LogP contribution in [0, 0.1) is 0 Å². The van der Waals surface area contributed by atoms with Crippen LogP contribution in [0.15, 0.2) is 35.8 Å². The molecule has 0 saturated heterocycles. The second-order valence-electron chi connectivity index (χ2n) is 4.72. The molecule has 102 valence electrons. The third-order valence-corrected chi connectivity index (χ3v) is 3.24. The standard InChI is InChI=1S/C15H16N4O/c1-3-8-19-9-16-15-13(10(19)2)17-14(18-15)11-4-6-12(20)7-5-11/h4-7,9,20H,2-3,8H2,1H3,(H,17,18). The highest BCUT2D eigenvalue weighted by Gasteiger charge is 2.20. The minimum atomic E-state index is 0.238. The first-order valence-electron chi connectivity index (χ1n) is 6.58. The molecule has 1 aliphatic rings. The van der Waals surface area contributed by atoms with Gasteiger partial charge in [-0.05, 0) is 30.7 Å². The number of phenols is 1. The number of fused-ring (bicyclic) bond motifs is 1. The Hall–Kier alpha value is -2.56. The highest BCUT2D eigenvalue weighted by molar-refractivity contribution is 5.84. The third-order valence-electron chi connectivity index (χ3n) is 3.24. The number of nitrogens with zero attached hydrogens (tertiary/aromatic N) is 3. The molecule has 0 unspecified atom stereocenters. The minimum absolute atomic E-state index is 0.238. The van der Waals surface area contributed by atoms with Crippen molar-refractivity contribution in [1.29, 1.82) is 0 Å². The number of benzene rings is 1. The summed E-state index contributed by atoms with van der Waals surface area (Å²) in [4.78, 5) is 14.1. The van der Waals surface area contributed by atoms with Crippen LogP contribution in [0.1, 0.15) is 19.0 Å². The van der Waals surface area contributed by atoms with E-state index in [0.29, 0.717) is 5.82 Å². The van der Waals surface area contributed by atoms with Crippen LogP contribution in [0.25, 0.3) is 17.1 Å². The van der Waals surface area contributed by atoms with Gasteiger partial charge in [-0.25, -0.2) is 9.98 Å². The van der Waals surface area contributed by atoms with Crippen molar-refractivity contribution in [2.45, 2.75) is 13.3 Å². The Morgan fingerprint density at radius 1 is 1.30 bits per heavy atom. The van der Waals surface area contributed by atoms with Crippen LogP contribution in [-0.4, -0.2) is 32.9 Å². The molecule has 0 fully saturated rings. The summed E-state index contributed by atoms with van der Waals surface area (Å²) >= 11 is 0. The largest absolute Gasteiger partial charge is 0.508 e. The number of nitrogens with one attached hydrogen (secondary N) is 1. The maximum absolute atomic E-state index is 9.33. The van der Waals surface area contributed by atoms with Crippen LogP contribution in [0.2, 0.25) is 0 Å². The number of H-pyrrole nitrogens is 1. The number of phenolic OH excluding ortho intramolecular Hbond substituents is 1. The van der Waals surface area contributed by atoms with Gasteiger partial charge in [-0.2, -0.15) is 0 Å². The van der Waals surface area contributed by atoms with E-state index in [1.807, 2.05) is 17.0 Å². The van der Waals surface area contributed by atoms with Crippen molar-refractivity contribution in [3.8, 4) is 17.1 Å². The second kappa shape index (κ2) is 4.85. The number of imidazole rings is 1. The number of aromatic nitrogens is 2. The summed E-state index contributed by atoms with van der Waals surface area (Å²) in [5.74, 6) is 1.62. The molecular formula is C15H16N4O. The van der Waals surface area contributed by atoms with E-state index in [1.165, 1.54) is 0 Å². The van der Waals surface area contributed by atoms with E-state index in [-0.39, 0.29) is 5.75 Å². The molecule has 0 aliphatic carbocycles. The van der Waals surface area contributed by atoms with Gasteiger partial charge in [0.15, 0.2) is 5.82 Å². The van der Waals surface area contributed by atoms with Gasteiger partial charge in [-0.15, -0.1) is 0 Å². The molecule has 0 amide bonds. The molecule has 0 bridgehead atoms. The number of hydrogen-bond donors (Lipinski definition) is 2. The van der Waals surface area contributed by atoms with Gasteiger partial charge in [0.1, 0.15) is 17.3 Å². The quantitative estimate of drug-likeness (QED) is 0.898. The normalized spacial score (nSPS) is 13.7. The molecule has 1 aromatic heterocycles. The van der Waals surface area contributed by atoms with Crippen LogP contribution in [0.3, 0.4) is 0 Å². The Labute approximate surface area is 117 Å². The molecule has 1 aromatic carbocycles. The van der Waals surface area contributed by atoms with E-state index in [2.05, 4.69) is 28.5 Å². The summed E-state index contributed by atoms with van der Waals surface area (Å²) in [7, 11) is 0. The predicted octanol–water partition coefficient (Wildman–Crippen LogP) is 3.14. The number of aliphatic imine (C=N–C) groups is 1. The summed E-state index contributed by atoms with van der Waals surface area (Å²) in [6.07, 6.45) is 2.80. The molecule has 5 nitrogen and oxygen atoms in total. The number of aromatic hydroxyl groups is 1. The van der Waals surface area contributed by atoms with E-state index in [9.17, 15) is 5.11 Å².